The van der Waals surface area contributed by atoms with Crippen molar-refractivity contribution < 1.29 is 9.53 Å². The van der Waals surface area contributed by atoms with Crippen LogP contribution in [0.4, 0.5) is 4.79 Å². The number of likely N-dealkylation sites (tertiary alicyclic amines) is 1. The van der Waals surface area contributed by atoms with Gasteiger partial charge < -0.3 is 15.0 Å². The maximum atomic E-state index is 12.5. The quantitative estimate of drug-likeness (QED) is 0.611. The Morgan fingerprint density at radius 3 is 2.72 bits per heavy atom. The molecule has 1 amide bonds. The number of nitrogens with zero attached hydrogens (tertiary/aromatic N) is 1. The Hall–Kier alpha value is -0.590. The average molecular weight is 476 g/mol. The summed E-state index contributed by atoms with van der Waals surface area (Å²) in [6.45, 7) is 9.43. The number of piperidine rings is 1. The van der Waals surface area contributed by atoms with Crippen LogP contribution in [0.25, 0.3) is 0 Å². The molecule has 1 fully saturated rings. The lowest BCUT2D eigenvalue weighted by Gasteiger charge is -2.37. The van der Waals surface area contributed by atoms with Crippen molar-refractivity contribution in [2.45, 2.75) is 64.6 Å². The Kier molecular flexibility index (Phi) is 7.35. The second kappa shape index (κ2) is 8.87. The maximum Gasteiger partial charge on any atom is 0.410 e. The fourth-order valence-electron chi connectivity index (χ4n) is 3.05. The molecule has 0 aromatic heterocycles. The van der Waals surface area contributed by atoms with Crippen LogP contribution in [-0.4, -0.2) is 35.7 Å². The van der Waals surface area contributed by atoms with E-state index in [2.05, 4.69) is 56.2 Å². The predicted octanol–water partition coefficient (Wildman–Crippen LogP) is 5.65. The molecule has 0 saturated carbocycles. The van der Waals surface area contributed by atoms with Gasteiger partial charge in [0.2, 0.25) is 0 Å². The summed E-state index contributed by atoms with van der Waals surface area (Å²) < 4.78 is 7.71. The summed E-state index contributed by atoms with van der Waals surface area (Å²) in [4.78, 5) is 14.4. The van der Waals surface area contributed by atoms with E-state index in [1.807, 2.05) is 31.7 Å². The van der Waals surface area contributed by atoms with Gasteiger partial charge in [-0.2, -0.15) is 0 Å². The minimum absolute atomic E-state index is 0.181. The van der Waals surface area contributed by atoms with Crippen LogP contribution in [-0.2, 0) is 4.74 Å². The van der Waals surface area contributed by atoms with Gasteiger partial charge in [-0.05, 0) is 64.7 Å². The van der Waals surface area contributed by atoms with Gasteiger partial charge in [-0.3, -0.25) is 0 Å². The van der Waals surface area contributed by atoms with Crippen LogP contribution >= 0.6 is 31.9 Å². The molecule has 0 aliphatic carbocycles. The van der Waals surface area contributed by atoms with Crippen LogP contribution in [0.5, 0.6) is 0 Å². The highest BCUT2D eigenvalue weighted by Gasteiger charge is 2.30. The fourth-order valence-corrected chi connectivity index (χ4v) is 4.44. The Labute approximate surface area is 167 Å². The number of ether oxygens (including phenoxy) is 1. The Bertz CT molecular complexity index is 602. The first-order valence-corrected chi connectivity index (χ1v) is 10.4. The monoisotopic (exact) mass is 474 g/mol. The molecule has 2 unspecified atom stereocenters. The van der Waals surface area contributed by atoms with E-state index in [4.69, 9.17) is 4.74 Å². The number of carbonyl (C=O) groups excluding carboxylic acids is 1. The van der Waals surface area contributed by atoms with Crippen LogP contribution in [0.1, 0.15) is 58.6 Å². The molecule has 0 spiro atoms. The molecule has 6 heteroatoms. The highest BCUT2D eigenvalue weighted by Crippen LogP contribution is 2.27. The Morgan fingerprint density at radius 1 is 1.36 bits per heavy atom. The molecule has 1 N–H and O–H groups in total. The summed E-state index contributed by atoms with van der Waals surface area (Å²) in [7, 11) is 0. The van der Waals surface area contributed by atoms with Crippen molar-refractivity contribution in [2.75, 3.05) is 13.1 Å². The van der Waals surface area contributed by atoms with Crippen molar-refractivity contribution in [3.63, 3.8) is 0 Å². The summed E-state index contributed by atoms with van der Waals surface area (Å²) in [5.74, 6) is 0. The van der Waals surface area contributed by atoms with Crippen LogP contribution in [0.3, 0.4) is 0 Å². The molecule has 1 aliphatic rings. The topological polar surface area (TPSA) is 41.6 Å². The summed E-state index contributed by atoms with van der Waals surface area (Å²) in [6.07, 6.45) is 3.02. The standard InChI is InChI=1S/C19H28Br2N2O2/c1-13(16-9-8-14(20)11-17(16)21)22-12-15-7-5-6-10-23(15)18(24)25-19(2,3)4/h8-9,11,13,15,22H,5-7,10,12H2,1-4H3. The van der Waals surface area contributed by atoms with E-state index >= 15 is 0 Å². The average Bonchev–Trinajstić information content (AvgIpc) is 2.51. The van der Waals surface area contributed by atoms with Gasteiger partial charge in [0, 0.05) is 34.1 Å². The molecule has 2 atom stereocenters. The van der Waals surface area contributed by atoms with Crippen LogP contribution < -0.4 is 5.32 Å². The third-order valence-corrected chi connectivity index (χ3v) is 5.52. The van der Waals surface area contributed by atoms with Crippen molar-refractivity contribution >= 4 is 38.0 Å². The lowest BCUT2D eigenvalue weighted by atomic mass is 10.0. The normalized spacial score (nSPS) is 19.6. The number of amides is 1. The third kappa shape index (κ3) is 6.26. The number of halogens is 2. The first kappa shape index (κ1) is 20.7. The van der Waals surface area contributed by atoms with Gasteiger partial charge in [0.05, 0.1) is 0 Å². The highest BCUT2D eigenvalue weighted by molar-refractivity contribution is 9.11. The third-order valence-electron chi connectivity index (χ3n) is 4.34. The first-order valence-electron chi connectivity index (χ1n) is 8.85. The zero-order valence-electron chi connectivity index (χ0n) is 15.4. The molecule has 4 nitrogen and oxygen atoms in total. The van der Waals surface area contributed by atoms with Gasteiger partial charge in [0.25, 0.3) is 0 Å². The van der Waals surface area contributed by atoms with E-state index in [9.17, 15) is 4.79 Å². The second-order valence-electron chi connectivity index (χ2n) is 7.62. The molecule has 1 heterocycles. The van der Waals surface area contributed by atoms with Crippen molar-refractivity contribution in [3.05, 3.63) is 32.7 Å². The zero-order chi connectivity index (χ0) is 18.6. The molecule has 140 valence electrons. The predicted molar refractivity (Wildman–Crippen MR) is 109 cm³/mol. The largest absolute Gasteiger partial charge is 0.444 e. The van der Waals surface area contributed by atoms with Crippen molar-refractivity contribution in [3.8, 4) is 0 Å². The maximum absolute atomic E-state index is 12.5. The van der Waals surface area contributed by atoms with Crippen LogP contribution in [0.2, 0.25) is 0 Å². The van der Waals surface area contributed by atoms with Crippen molar-refractivity contribution in [1.82, 2.24) is 10.2 Å². The zero-order valence-corrected chi connectivity index (χ0v) is 18.6. The molecule has 1 aliphatic heterocycles. The molecule has 2 rings (SSSR count). The number of carbonyl (C=O) groups is 1. The Morgan fingerprint density at radius 2 is 2.08 bits per heavy atom. The van der Waals surface area contributed by atoms with Gasteiger partial charge in [-0.1, -0.05) is 37.9 Å². The lowest BCUT2D eigenvalue weighted by molar-refractivity contribution is 0.00970. The summed E-state index contributed by atoms with van der Waals surface area (Å²) >= 11 is 7.11. The van der Waals surface area contributed by atoms with Crippen LogP contribution in [0.15, 0.2) is 27.1 Å². The second-order valence-corrected chi connectivity index (χ2v) is 9.39. The summed E-state index contributed by atoms with van der Waals surface area (Å²) in [5.41, 5.74) is 0.755. The van der Waals surface area contributed by atoms with Gasteiger partial charge in [-0.25, -0.2) is 4.79 Å². The summed E-state index contributed by atoms with van der Waals surface area (Å²) in [5, 5.41) is 3.58. The minimum Gasteiger partial charge on any atom is -0.444 e. The van der Waals surface area contributed by atoms with Crippen LogP contribution in [0, 0.1) is 0 Å². The first-order chi connectivity index (χ1) is 11.7. The molecule has 25 heavy (non-hydrogen) atoms. The minimum atomic E-state index is -0.456. The van der Waals surface area contributed by atoms with Gasteiger partial charge in [0.1, 0.15) is 5.60 Å². The number of hydrogen-bond donors (Lipinski definition) is 1. The van der Waals surface area contributed by atoms with Crippen molar-refractivity contribution in [1.29, 1.82) is 0 Å². The summed E-state index contributed by atoms with van der Waals surface area (Å²) in [6, 6.07) is 6.59. The van der Waals surface area contributed by atoms with Crippen molar-refractivity contribution in [2.24, 2.45) is 0 Å². The SMILES string of the molecule is CC(NCC1CCCCN1C(=O)OC(C)(C)C)c1ccc(Br)cc1Br. The number of benzene rings is 1. The molecule has 1 saturated heterocycles. The number of hydrogen-bond acceptors (Lipinski definition) is 3. The van der Waals surface area contributed by atoms with Gasteiger partial charge in [0.15, 0.2) is 0 Å². The van der Waals surface area contributed by atoms with E-state index in [1.165, 1.54) is 5.56 Å². The van der Waals surface area contributed by atoms with E-state index in [-0.39, 0.29) is 18.2 Å². The number of rotatable bonds is 4. The van der Waals surface area contributed by atoms with E-state index < -0.39 is 5.60 Å². The molecule has 1 aromatic carbocycles. The lowest BCUT2D eigenvalue weighted by Crippen LogP contribution is -2.50. The molecule has 0 radical (unpaired) electrons. The van der Waals surface area contributed by atoms with Gasteiger partial charge in [-0.15, -0.1) is 0 Å². The smallest absolute Gasteiger partial charge is 0.410 e. The van der Waals surface area contributed by atoms with E-state index in [1.54, 1.807) is 0 Å². The molecular formula is C19H28Br2N2O2. The number of nitrogens with one attached hydrogen (secondary N) is 1. The Balaban J connectivity index is 1.98. The van der Waals surface area contributed by atoms with E-state index in [0.29, 0.717) is 0 Å². The van der Waals surface area contributed by atoms with Gasteiger partial charge >= 0.3 is 6.09 Å². The molecular weight excluding hydrogens is 448 g/mol. The highest BCUT2D eigenvalue weighted by atomic mass is 79.9. The fraction of sp³-hybridized carbons (Fsp3) is 0.632. The van der Waals surface area contributed by atoms with E-state index in [0.717, 1.165) is 41.3 Å². The molecule has 1 aromatic rings. The molecule has 0 bridgehead atoms.